The summed E-state index contributed by atoms with van der Waals surface area (Å²) in [6, 6.07) is 5.48. The fraction of sp³-hybridized carbons (Fsp3) is 0.533. The van der Waals surface area contributed by atoms with E-state index in [1.807, 2.05) is 6.07 Å². The van der Waals surface area contributed by atoms with E-state index in [4.69, 9.17) is 21.1 Å². The summed E-state index contributed by atoms with van der Waals surface area (Å²) in [5.74, 6) is 0.573. The molecule has 0 bridgehead atoms. The zero-order valence-electron chi connectivity index (χ0n) is 12.4. The molecule has 0 heterocycles. The van der Waals surface area contributed by atoms with Gasteiger partial charge >= 0.3 is 0 Å². The molecule has 0 aromatic heterocycles. The zero-order chi connectivity index (χ0) is 15.7. The van der Waals surface area contributed by atoms with Crippen LogP contribution < -0.4 is 10.1 Å². The first-order valence-corrected chi connectivity index (χ1v) is 7.20. The monoisotopic (exact) mass is 315 g/mol. The first kappa shape index (κ1) is 17.8. The third-order valence-corrected chi connectivity index (χ3v) is 3.31. The lowest BCUT2D eigenvalue weighted by Crippen LogP contribution is -2.28. The van der Waals surface area contributed by atoms with E-state index in [1.165, 1.54) is 7.11 Å². The Balaban J connectivity index is 2.28. The van der Waals surface area contributed by atoms with E-state index in [0.717, 1.165) is 5.56 Å². The topological polar surface area (TPSA) is 67.8 Å². The highest BCUT2D eigenvalue weighted by atomic mass is 35.5. The Morgan fingerprint density at radius 2 is 2.19 bits per heavy atom. The van der Waals surface area contributed by atoms with Crippen molar-refractivity contribution in [3.63, 3.8) is 0 Å². The Hall–Kier alpha value is -1.30. The number of carbonyl (C=O) groups excluding carboxylic acids is 1. The van der Waals surface area contributed by atoms with E-state index in [-0.39, 0.29) is 12.5 Å². The highest BCUT2D eigenvalue weighted by Crippen LogP contribution is 2.25. The number of rotatable bonds is 9. The van der Waals surface area contributed by atoms with E-state index in [0.29, 0.717) is 36.6 Å². The Morgan fingerprint density at radius 1 is 1.43 bits per heavy atom. The summed E-state index contributed by atoms with van der Waals surface area (Å²) in [6.07, 6.45) is 0.920. The first-order chi connectivity index (χ1) is 10.1. The predicted molar refractivity (Wildman–Crippen MR) is 81.8 cm³/mol. The van der Waals surface area contributed by atoms with Crippen LogP contribution in [-0.4, -0.2) is 44.5 Å². The molecule has 1 unspecified atom stereocenters. The molecular formula is C15H22ClNO4. The largest absolute Gasteiger partial charge is 0.495 e. The van der Waals surface area contributed by atoms with E-state index >= 15 is 0 Å². The number of aliphatic hydroxyl groups is 1. The Morgan fingerprint density at radius 3 is 2.81 bits per heavy atom. The van der Waals surface area contributed by atoms with Crippen molar-refractivity contribution >= 4 is 17.5 Å². The van der Waals surface area contributed by atoms with Crippen LogP contribution >= 0.6 is 11.6 Å². The van der Waals surface area contributed by atoms with Crippen LogP contribution in [0.4, 0.5) is 0 Å². The maximum absolute atomic E-state index is 11.7. The quantitative estimate of drug-likeness (QED) is 0.729. The SMILES string of the molecule is COCC(O)CCNC(=O)CCc1ccc(OC)c(Cl)c1. The molecule has 0 saturated carbocycles. The van der Waals surface area contributed by atoms with Crippen LogP contribution in [0, 0.1) is 0 Å². The van der Waals surface area contributed by atoms with Gasteiger partial charge in [-0.3, -0.25) is 4.79 Å². The number of methoxy groups -OCH3 is 2. The standard InChI is InChI=1S/C15H22ClNO4/c1-20-10-12(18)7-8-17-15(19)6-4-11-3-5-14(21-2)13(16)9-11/h3,5,9,12,18H,4,6-8,10H2,1-2H3,(H,17,19). The third kappa shape index (κ3) is 6.80. The Labute approximate surface area is 130 Å². The molecule has 1 amide bonds. The fourth-order valence-electron chi connectivity index (χ4n) is 1.87. The van der Waals surface area contributed by atoms with Crippen LogP contribution in [0.3, 0.4) is 0 Å². The Bertz CT molecular complexity index is 453. The molecule has 0 saturated heterocycles. The van der Waals surface area contributed by atoms with Crippen LogP contribution in [0.15, 0.2) is 18.2 Å². The second kappa shape index (κ2) is 9.60. The predicted octanol–water partition coefficient (Wildman–Crippen LogP) is 1.79. The fourth-order valence-corrected chi connectivity index (χ4v) is 2.15. The minimum atomic E-state index is -0.546. The number of aryl methyl sites for hydroxylation is 1. The summed E-state index contributed by atoms with van der Waals surface area (Å²) in [6.45, 7) is 0.715. The number of hydrogen-bond donors (Lipinski definition) is 2. The number of hydrogen-bond acceptors (Lipinski definition) is 4. The number of halogens is 1. The molecule has 1 aromatic carbocycles. The third-order valence-electron chi connectivity index (χ3n) is 3.02. The molecule has 0 fully saturated rings. The molecule has 1 aromatic rings. The molecule has 2 N–H and O–H groups in total. The lowest BCUT2D eigenvalue weighted by Gasteiger charge is -2.10. The molecule has 0 aliphatic rings. The van der Waals surface area contributed by atoms with Crippen molar-refractivity contribution in [2.45, 2.75) is 25.4 Å². The van der Waals surface area contributed by atoms with Crippen molar-refractivity contribution in [2.75, 3.05) is 27.4 Å². The van der Waals surface area contributed by atoms with Crippen LogP contribution in [-0.2, 0) is 16.0 Å². The minimum absolute atomic E-state index is 0.0495. The van der Waals surface area contributed by atoms with E-state index in [9.17, 15) is 9.90 Å². The van der Waals surface area contributed by atoms with E-state index < -0.39 is 6.10 Å². The summed E-state index contributed by atoms with van der Waals surface area (Å²) in [5.41, 5.74) is 0.982. The molecule has 6 heteroatoms. The van der Waals surface area contributed by atoms with Crippen molar-refractivity contribution in [1.82, 2.24) is 5.32 Å². The molecule has 118 valence electrons. The highest BCUT2D eigenvalue weighted by molar-refractivity contribution is 6.32. The zero-order valence-corrected chi connectivity index (χ0v) is 13.2. The van der Waals surface area contributed by atoms with Crippen molar-refractivity contribution < 1.29 is 19.4 Å². The van der Waals surface area contributed by atoms with Gasteiger partial charge in [0.1, 0.15) is 5.75 Å². The molecule has 5 nitrogen and oxygen atoms in total. The number of nitrogens with one attached hydrogen (secondary N) is 1. The van der Waals surface area contributed by atoms with Gasteiger partial charge in [-0.15, -0.1) is 0 Å². The molecule has 1 atom stereocenters. The smallest absolute Gasteiger partial charge is 0.220 e. The summed E-state index contributed by atoms with van der Waals surface area (Å²) >= 11 is 6.03. The Kier molecular flexibility index (Phi) is 8.12. The maximum Gasteiger partial charge on any atom is 0.220 e. The van der Waals surface area contributed by atoms with Crippen molar-refractivity contribution in [1.29, 1.82) is 0 Å². The molecule has 0 aliphatic heterocycles. The number of ether oxygens (including phenoxy) is 2. The lowest BCUT2D eigenvalue weighted by molar-refractivity contribution is -0.121. The van der Waals surface area contributed by atoms with Gasteiger partial charge in [0.15, 0.2) is 0 Å². The van der Waals surface area contributed by atoms with Crippen LogP contribution in [0.5, 0.6) is 5.75 Å². The number of carbonyl (C=O) groups is 1. The molecule has 1 rings (SSSR count). The van der Waals surface area contributed by atoms with Gasteiger partial charge in [-0.25, -0.2) is 0 Å². The molecule has 0 spiro atoms. The normalized spacial score (nSPS) is 12.0. The summed E-state index contributed by atoms with van der Waals surface area (Å²) in [5, 5.41) is 12.8. The number of benzene rings is 1. The molecule has 0 radical (unpaired) electrons. The summed E-state index contributed by atoms with van der Waals surface area (Å²) < 4.78 is 9.89. The van der Waals surface area contributed by atoms with Crippen molar-refractivity contribution in [3.05, 3.63) is 28.8 Å². The van der Waals surface area contributed by atoms with Gasteiger partial charge < -0.3 is 19.9 Å². The van der Waals surface area contributed by atoms with Gasteiger partial charge in [-0.05, 0) is 30.5 Å². The lowest BCUT2D eigenvalue weighted by atomic mass is 10.1. The molecular weight excluding hydrogens is 294 g/mol. The minimum Gasteiger partial charge on any atom is -0.495 e. The first-order valence-electron chi connectivity index (χ1n) is 6.83. The molecule has 21 heavy (non-hydrogen) atoms. The maximum atomic E-state index is 11.7. The van der Waals surface area contributed by atoms with E-state index in [1.54, 1.807) is 19.2 Å². The van der Waals surface area contributed by atoms with Gasteiger partial charge in [-0.2, -0.15) is 0 Å². The van der Waals surface area contributed by atoms with Gasteiger partial charge in [0.2, 0.25) is 5.91 Å². The summed E-state index contributed by atoms with van der Waals surface area (Å²) in [4.78, 5) is 11.7. The van der Waals surface area contributed by atoms with Gasteiger partial charge in [0.25, 0.3) is 0 Å². The highest BCUT2D eigenvalue weighted by Gasteiger charge is 2.07. The average molecular weight is 316 g/mol. The van der Waals surface area contributed by atoms with Crippen LogP contribution in [0.25, 0.3) is 0 Å². The second-order valence-corrected chi connectivity index (χ2v) is 5.12. The van der Waals surface area contributed by atoms with E-state index in [2.05, 4.69) is 5.32 Å². The van der Waals surface area contributed by atoms with Crippen LogP contribution in [0.2, 0.25) is 5.02 Å². The summed E-state index contributed by atoms with van der Waals surface area (Å²) in [7, 11) is 3.09. The molecule has 0 aliphatic carbocycles. The number of amides is 1. The second-order valence-electron chi connectivity index (χ2n) is 4.72. The van der Waals surface area contributed by atoms with Crippen molar-refractivity contribution in [2.24, 2.45) is 0 Å². The van der Waals surface area contributed by atoms with Crippen LogP contribution in [0.1, 0.15) is 18.4 Å². The van der Waals surface area contributed by atoms with Gasteiger partial charge in [-0.1, -0.05) is 17.7 Å². The number of aliphatic hydroxyl groups excluding tert-OH is 1. The van der Waals surface area contributed by atoms with Crippen molar-refractivity contribution in [3.8, 4) is 5.75 Å². The van der Waals surface area contributed by atoms with Gasteiger partial charge in [0.05, 0.1) is 24.8 Å². The van der Waals surface area contributed by atoms with Gasteiger partial charge in [0, 0.05) is 20.1 Å². The average Bonchev–Trinajstić information content (AvgIpc) is 2.45.